The lowest BCUT2D eigenvalue weighted by atomic mass is 10.2. The van der Waals surface area contributed by atoms with Crippen LogP contribution in [0.1, 0.15) is 23.4 Å². The number of hydrogen-bond acceptors (Lipinski definition) is 3. The standard InChI is InChI=1S/C16H19BrN2O2S/c1-11(15-5-4-8-22-15)19(2)16(20)18-10-12-9-13(17)6-7-14(12)21-3/h4-9,11H,10H2,1-3H3,(H,18,20). The maximum Gasteiger partial charge on any atom is 0.317 e. The van der Waals surface area contributed by atoms with Crippen molar-refractivity contribution in [3.8, 4) is 5.75 Å². The normalized spacial score (nSPS) is 11.8. The molecule has 0 spiro atoms. The van der Waals surface area contributed by atoms with Gasteiger partial charge in [-0.05, 0) is 36.6 Å². The van der Waals surface area contributed by atoms with Gasteiger partial charge in [0.1, 0.15) is 5.75 Å². The minimum absolute atomic E-state index is 0.0457. The molecule has 1 heterocycles. The van der Waals surface area contributed by atoms with Crippen molar-refractivity contribution in [2.75, 3.05) is 14.2 Å². The molecule has 2 aromatic rings. The average molecular weight is 383 g/mol. The van der Waals surface area contributed by atoms with E-state index in [0.717, 1.165) is 20.7 Å². The van der Waals surface area contributed by atoms with Crippen molar-refractivity contribution in [1.29, 1.82) is 0 Å². The van der Waals surface area contributed by atoms with Gasteiger partial charge in [0.2, 0.25) is 0 Å². The quantitative estimate of drug-likeness (QED) is 0.831. The van der Waals surface area contributed by atoms with Crippen LogP contribution in [0.3, 0.4) is 0 Å². The molecule has 0 saturated heterocycles. The second-order valence-corrected chi connectivity index (χ2v) is 6.81. The van der Waals surface area contributed by atoms with Gasteiger partial charge in [-0.2, -0.15) is 0 Å². The zero-order valence-electron chi connectivity index (χ0n) is 12.8. The Balaban J connectivity index is 1.99. The van der Waals surface area contributed by atoms with Crippen LogP contribution in [0.25, 0.3) is 0 Å². The topological polar surface area (TPSA) is 41.6 Å². The predicted octanol–water partition coefficient (Wildman–Crippen LogP) is 4.42. The highest BCUT2D eigenvalue weighted by molar-refractivity contribution is 9.10. The molecule has 2 rings (SSSR count). The smallest absolute Gasteiger partial charge is 0.317 e. The number of amides is 2. The molecule has 0 aliphatic carbocycles. The van der Waals surface area contributed by atoms with Crippen LogP contribution < -0.4 is 10.1 Å². The highest BCUT2D eigenvalue weighted by Gasteiger charge is 2.18. The minimum Gasteiger partial charge on any atom is -0.496 e. The first-order chi connectivity index (χ1) is 10.5. The molecule has 4 nitrogen and oxygen atoms in total. The molecule has 1 aromatic carbocycles. The van der Waals surface area contributed by atoms with Crippen molar-refractivity contribution < 1.29 is 9.53 Å². The van der Waals surface area contributed by atoms with Crippen LogP contribution in [0.4, 0.5) is 4.79 Å². The fraction of sp³-hybridized carbons (Fsp3) is 0.312. The van der Waals surface area contributed by atoms with Crippen LogP contribution in [0.2, 0.25) is 0 Å². The first-order valence-electron chi connectivity index (χ1n) is 6.89. The lowest BCUT2D eigenvalue weighted by Crippen LogP contribution is -2.38. The van der Waals surface area contributed by atoms with E-state index < -0.39 is 0 Å². The monoisotopic (exact) mass is 382 g/mol. The van der Waals surface area contributed by atoms with Crippen LogP contribution in [0.15, 0.2) is 40.2 Å². The van der Waals surface area contributed by atoms with Gasteiger partial charge in [0.15, 0.2) is 0 Å². The van der Waals surface area contributed by atoms with Crippen LogP contribution in [0.5, 0.6) is 5.75 Å². The molecule has 0 fully saturated rings. The van der Waals surface area contributed by atoms with Crippen LogP contribution >= 0.6 is 27.3 Å². The van der Waals surface area contributed by atoms with Crippen molar-refractivity contribution in [3.63, 3.8) is 0 Å². The number of nitrogens with zero attached hydrogens (tertiary/aromatic N) is 1. The summed E-state index contributed by atoms with van der Waals surface area (Å²) in [6.07, 6.45) is 0. The summed E-state index contributed by atoms with van der Waals surface area (Å²) in [5.41, 5.74) is 0.933. The van der Waals surface area contributed by atoms with Gasteiger partial charge in [-0.15, -0.1) is 11.3 Å². The number of urea groups is 1. The van der Waals surface area contributed by atoms with E-state index in [0.29, 0.717) is 6.54 Å². The van der Waals surface area contributed by atoms with E-state index in [1.54, 1.807) is 30.4 Å². The van der Waals surface area contributed by atoms with Gasteiger partial charge in [-0.3, -0.25) is 0 Å². The second kappa shape index (κ2) is 7.65. The Kier molecular flexibility index (Phi) is 5.85. The molecule has 0 aliphatic heterocycles. The summed E-state index contributed by atoms with van der Waals surface area (Å²) in [5, 5.41) is 4.95. The van der Waals surface area contributed by atoms with Gasteiger partial charge in [-0.1, -0.05) is 22.0 Å². The molecule has 0 bridgehead atoms. The molecule has 22 heavy (non-hydrogen) atoms. The number of rotatable bonds is 5. The molecular formula is C16H19BrN2O2S. The summed E-state index contributed by atoms with van der Waals surface area (Å²) in [6.45, 7) is 2.44. The van der Waals surface area contributed by atoms with E-state index in [4.69, 9.17) is 4.74 Å². The SMILES string of the molecule is COc1ccc(Br)cc1CNC(=O)N(C)C(C)c1cccs1. The lowest BCUT2D eigenvalue weighted by molar-refractivity contribution is 0.194. The van der Waals surface area contributed by atoms with Crippen molar-refractivity contribution in [2.45, 2.75) is 19.5 Å². The number of thiophene rings is 1. The van der Waals surface area contributed by atoms with Crippen LogP contribution in [-0.2, 0) is 6.54 Å². The molecular weight excluding hydrogens is 364 g/mol. The van der Waals surface area contributed by atoms with Gasteiger partial charge in [0.05, 0.1) is 13.2 Å². The maximum absolute atomic E-state index is 12.3. The van der Waals surface area contributed by atoms with E-state index in [-0.39, 0.29) is 12.1 Å². The molecule has 1 unspecified atom stereocenters. The van der Waals surface area contributed by atoms with Crippen LogP contribution in [-0.4, -0.2) is 25.1 Å². The third-order valence-corrected chi connectivity index (χ3v) is 5.06. The van der Waals surface area contributed by atoms with E-state index >= 15 is 0 Å². The highest BCUT2D eigenvalue weighted by atomic mass is 79.9. The zero-order chi connectivity index (χ0) is 16.1. The first-order valence-corrected chi connectivity index (χ1v) is 8.56. The van der Waals surface area contributed by atoms with Gasteiger partial charge in [-0.25, -0.2) is 4.79 Å². The van der Waals surface area contributed by atoms with E-state index in [1.807, 2.05) is 42.6 Å². The predicted molar refractivity (Wildman–Crippen MR) is 93.4 cm³/mol. The van der Waals surface area contributed by atoms with Gasteiger partial charge in [0.25, 0.3) is 0 Å². The largest absolute Gasteiger partial charge is 0.496 e. The Morgan fingerprint density at radius 2 is 2.23 bits per heavy atom. The molecule has 1 aromatic heterocycles. The van der Waals surface area contributed by atoms with E-state index in [1.165, 1.54) is 0 Å². The average Bonchev–Trinajstić information content (AvgIpc) is 3.05. The number of halogens is 1. The Bertz CT molecular complexity index is 631. The Morgan fingerprint density at radius 3 is 2.86 bits per heavy atom. The Labute approximate surface area is 143 Å². The number of ether oxygens (including phenoxy) is 1. The summed E-state index contributed by atoms with van der Waals surface area (Å²) in [4.78, 5) is 15.2. The summed E-state index contributed by atoms with van der Waals surface area (Å²) in [6, 6.07) is 9.71. The van der Waals surface area contributed by atoms with Crippen molar-refractivity contribution >= 4 is 33.3 Å². The van der Waals surface area contributed by atoms with Crippen molar-refractivity contribution in [3.05, 3.63) is 50.6 Å². The maximum atomic E-state index is 12.3. The lowest BCUT2D eigenvalue weighted by Gasteiger charge is -2.24. The minimum atomic E-state index is -0.108. The number of nitrogens with one attached hydrogen (secondary N) is 1. The third-order valence-electron chi connectivity index (χ3n) is 3.53. The van der Waals surface area contributed by atoms with E-state index in [9.17, 15) is 4.79 Å². The van der Waals surface area contributed by atoms with Gasteiger partial charge < -0.3 is 15.0 Å². The van der Waals surface area contributed by atoms with Crippen molar-refractivity contribution in [1.82, 2.24) is 10.2 Å². The number of benzene rings is 1. The fourth-order valence-corrected chi connectivity index (χ4v) is 3.31. The zero-order valence-corrected chi connectivity index (χ0v) is 15.2. The molecule has 2 amide bonds. The number of methoxy groups -OCH3 is 1. The second-order valence-electron chi connectivity index (χ2n) is 4.92. The molecule has 118 valence electrons. The molecule has 1 atom stereocenters. The van der Waals surface area contributed by atoms with Gasteiger partial charge in [0, 0.05) is 28.5 Å². The molecule has 1 N–H and O–H groups in total. The highest BCUT2D eigenvalue weighted by Crippen LogP contribution is 2.24. The van der Waals surface area contributed by atoms with Crippen molar-refractivity contribution in [2.24, 2.45) is 0 Å². The number of hydrogen-bond donors (Lipinski definition) is 1. The Hall–Kier alpha value is -1.53. The number of carbonyl (C=O) groups is 1. The number of carbonyl (C=O) groups excluding carboxylic acids is 1. The first kappa shape index (κ1) is 16.8. The Morgan fingerprint density at radius 1 is 1.45 bits per heavy atom. The third kappa shape index (κ3) is 4.01. The molecule has 0 saturated carbocycles. The molecule has 0 aliphatic rings. The summed E-state index contributed by atoms with van der Waals surface area (Å²) >= 11 is 5.08. The van der Waals surface area contributed by atoms with Gasteiger partial charge >= 0.3 is 6.03 Å². The summed E-state index contributed by atoms with van der Waals surface area (Å²) in [5.74, 6) is 0.762. The molecule has 0 radical (unpaired) electrons. The van der Waals surface area contributed by atoms with Crippen LogP contribution in [0, 0.1) is 0 Å². The van der Waals surface area contributed by atoms with E-state index in [2.05, 4.69) is 21.2 Å². The fourth-order valence-electron chi connectivity index (χ4n) is 2.08. The summed E-state index contributed by atoms with van der Waals surface area (Å²) < 4.78 is 6.27. The summed E-state index contributed by atoms with van der Waals surface area (Å²) in [7, 11) is 3.43. The molecule has 6 heteroatoms.